The molecule has 4 heterocycles. The van der Waals surface area contributed by atoms with Crippen molar-refractivity contribution in [1.29, 1.82) is 0 Å². The van der Waals surface area contributed by atoms with Crippen LogP contribution >= 0.6 is 0 Å². The Kier molecular flexibility index (Phi) is 9.32. The minimum Gasteiger partial charge on any atom is -0.444 e. The highest BCUT2D eigenvalue weighted by Crippen LogP contribution is 2.47. The molecule has 1 aromatic carbocycles. The molecule has 1 spiro atoms. The van der Waals surface area contributed by atoms with Crippen molar-refractivity contribution < 1.29 is 18.7 Å². The van der Waals surface area contributed by atoms with E-state index in [4.69, 9.17) is 9.47 Å². The summed E-state index contributed by atoms with van der Waals surface area (Å²) in [5, 5.41) is 11.4. The van der Waals surface area contributed by atoms with Crippen LogP contribution in [0.15, 0.2) is 37.1 Å². The van der Waals surface area contributed by atoms with Gasteiger partial charge >= 0.3 is 6.09 Å². The molecule has 2 aromatic heterocycles. The number of rotatable bonds is 11. The van der Waals surface area contributed by atoms with Crippen LogP contribution in [-0.4, -0.2) is 79.5 Å². The Morgan fingerprint density at radius 2 is 1.85 bits per heavy atom. The predicted octanol–water partition coefficient (Wildman–Crippen LogP) is 6.76. The van der Waals surface area contributed by atoms with Crippen molar-refractivity contribution in [3.63, 3.8) is 0 Å². The zero-order valence-electron chi connectivity index (χ0n) is 29.3. The van der Waals surface area contributed by atoms with E-state index in [1.165, 1.54) is 18.5 Å². The molecule has 1 atom stereocenters. The molecule has 1 aliphatic carbocycles. The zero-order chi connectivity index (χ0) is 34.3. The van der Waals surface area contributed by atoms with Crippen molar-refractivity contribution in [3.05, 3.63) is 48.6 Å². The number of ether oxygens (including phenoxy) is 2. The smallest absolute Gasteiger partial charge is 0.408 e. The average Bonchev–Trinajstić information content (AvgIpc) is 3.74. The molecular weight excluding hydrogens is 611 g/mol. The third-order valence-corrected chi connectivity index (χ3v) is 9.67. The van der Waals surface area contributed by atoms with Gasteiger partial charge in [-0.15, -0.1) is 10.2 Å². The first-order valence-electron chi connectivity index (χ1n) is 17.2. The van der Waals surface area contributed by atoms with Gasteiger partial charge in [0.2, 0.25) is 0 Å². The summed E-state index contributed by atoms with van der Waals surface area (Å²) in [6.45, 7) is 18.0. The van der Waals surface area contributed by atoms with Crippen LogP contribution in [-0.2, 0) is 4.74 Å². The molecule has 258 valence electrons. The Morgan fingerprint density at radius 3 is 2.56 bits per heavy atom. The molecule has 0 radical (unpaired) electrons. The number of benzene rings is 1. The van der Waals surface area contributed by atoms with Crippen LogP contribution in [0, 0.1) is 17.2 Å². The average molecular weight is 661 g/mol. The number of likely N-dealkylation sites (tertiary alicyclic amines) is 1. The summed E-state index contributed by atoms with van der Waals surface area (Å²) >= 11 is 0. The second kappa shape index (κ2) is 13.2. The van der Waals surface area contributed by atoms with E-state index >= 15 is 0 Å². The molecule has 2 aliphatic heterocycles. The molecule has 12 heteroatoms. The topological polar surface area (TPSA) is 118 Å². The molecule has 1 unspecified atom stereocenters. The Bertz CT molecular complexity index is 1620. The first kappa shape index (κ1) is 34.0. The predicted molar refractivity (Wildman–Crippen MR) is 181 cm³/mol. The number of carbonyl (C=O) groups excluding carboxylic acids is 1. The van der Waals surface area contributed by atoms with Crippen molar-refractivity contribution in [2.45, 2.75) is 104 Å². The lowest BCUT2D eigenvalue weighted by Gasteiger charge is -2.53. The van der Waals surface area contributed by atoms with Crippen LogP contribution in [0.4, 0.5) is 15.0 Å². The fourth-order valence-corrected chi connectivity index (χ4v) is 7.19. The number of hydrogen-bond donors (Lipinski definition) is 1. The lowest BCUT2D eigenvalue weighted by atomic mass is 9.76. The fraction of sp³-hybridized carbons (Fsp3) is 0.611. The molecule has 1 amide bonds. The summed E-state index contributed by atoms with van der Waals surface area (Å²) in [6, 6.07) is 4.88. The molecule has 3 aliphatic rings. The fourth-order valence-electron chi connectivity index (χ4n) is 7.19. The van der Waals surface area contributed by atoms with Crippen LogP contribution in [0.1, 0.15) is 92.2 Å². The standard InChI is InChI=1S/C36H49FN8O3/c1-23(2)28(12-13-35(6,7)42-33(46)48-34(3,4)5)45-19-36(20-45)14-15-44(18-36)31-32(43-41-22-40-31)47-29-11-10-25(37)16-26(29)27-17-38-21-39-30(27)24-8-9-24/h10-11,16-17,21-24,28H,8-9,12-15,18-20H2,1-7H3,(H,42,46). The number of halogens is 1. The zero-order valence-corrected chi connectivity index (χ0v) is 29.3. The van der Waals surface area contributed by atoms with Gasteiger partial charge in [-0.3, -0.25) is 4.90 Å². The molecule has 2 saturated heterocycles. The maximum atomic E-state index is 14.6. The van der Waals surface area contributed by atoms with Crippen LogP contribution in [0.2, 0.25) is 0 Å². The Hall–Kier alpha value is -3.93. The molecular formula is C36H49FN8O3. The normalized spacial score (nSPS) is 18.6. The highest BCUT2D eigenvalue weighted by Gasteiger charge is 2.50. The number of hydrogen-bond acceptors (Lipinski definition) is 10. The van der Waals surface area contributed by atoms with Crippen LogP contribution in [0.3, 0.4) is 0 Å². The lowest BCUT2D eigenvalue weighted by Crippen LogP contribution is -2.62. The third kappa shape index (κ3) is 7.85. The van der Waals surface area contributed by atoms with E-state index in [0.717, 1.165) is 69.5 Å². The summed E-state index contributed by atoms with van der Waals surface area (Å²) in [7, 11) is 0. The van der Waals surface area contributed by atoms with Gasteiger partial charge in [-0.2, -0.15) is 0 Å². The van der Waals surface area contributed by atoms with Gasteiger partial charge in [0.05, 0.1) is 5.69 Å². The van der Waals surface area contributed by atoms with Gasteiger partial charge in [0.15, 0.2) is 5.82 Å². The van der Waals surface area contributed by atoms with E-state index in [1.54, 1.807) is 18.6 Å². The van der Waals surface area contributed by atoms with Gasteiger partial charge in [-0.25, -0.2) is 24.1 Å². The van der Waals surface area contributed by atoms with Crippen LogP contribution in [0.25, 0.3) is 11.1 Å². The van der Waals surface area contributed by atoms with Crippen LogP contribution in [0.5, 0.6) is 11.6 Å². The van der Waals surface area contributed by atoms with E-state index in [9.17, 15) is 9.18 Å². The Labute approximate surface area is 283 Å². The van der Waals surface area contributed by atoms with Crippen molar-refractivity contribution >= 4 is 11.9 Å². The van der Waals surface area contributed by atoms with Gasteiger partial charge < -0.3 is 19.7 Å². The number of nitrogens with zero attached hydrogens (tertiary/aromatic N) is 7. The maximum absolute atomic E-state index is 14.6. The Balaban J connectivity index is 1.11. The first-order valence-corrected chi connectivity index (χ1v) is 17.2. The Morgan fingerprint density at radius 1 is 1.08 bits per heavy atom. The van der Waals surface area contributed by atoms with Gasteiger partial charge in [0.25, 0.3) is 5.88 Å². The second-order valence-corrected chi connectivity index (χ2v) is 15.9. The van der Waals surface area contributed by atoms with E-state index < -0.39 is 5.60 Å². The molecule has 6 rings (SSSR count). The molecule has 1 saturated carbocycles. The molecule has 3 fully saturated rings. The number of amides is 1. The molecule has 11 nitrogen and oxygen atoms in total. The van der Waals surface area contributed by atoms with Crippen molar-refractivity contribution in [2.75, 3.05) is 31.1 Å². The lowest BCUT2D eigenvalue weighted by molar-refractivity contribution is -0.0357. The van der Waals surface area contributed by atoms with Gasteiger partial charge in [0.1, 0.15) is 29.8 Å². The monoisotopic (exact) mass is 660 g/mol. The quantitative estimate of drug-likeness (QED) is 0.236. The van der Waals surface area contributed by atoms with E-state index in [1.807, 2.05) is 20.8 Å². The number of alkyl carbamates (subject to hydrolysis) is 1. The number of anilines is 1. The van der Waals surface area contributed by atoms with Crippen molar-refractivity contribution in [1.82, 2.24) is 35.4 Å². The second-order valence-electron chi connectivity index (χ2n) is 15.9. The highest BCUT2D eigenvalue weighted by molar-refractivity contribution is 5.73. The molecule has 3 aromatic rings. The summed E-state index contributed by atoms with van der Waals surface area (Å²) in [4.78, 5) is 30.6. The van der Waals surface area contributed by atoms with E-state index in [0.29, 0.717) is 40.9 Å². The van der Waals surface area contributed by atoms with E-state index in [-0.39, 0.29) is 22.9 Å². The molecule has 48 heavy (non-hydrogen) atoms. The third-order valence-electron chi connectivity index (χ3n) is 9.67. The van der Waals surface area contributed by atoms with E-state index in [2.05, 4.69) is 68.0 Å². The number of nitrogens with one attached hydrogen (secondary N) is 1. The summed E-state index contributed by atoms with van der Waals surface area (Å²) in [5.74, 6) is 1.86. The minimum absolute atomic E-state index is 0.154. The number of carbonyl (C=O) groups is 1. The molecule has 0 bridgehead atoms. The minimum atomic E-state index is -0.530. The summed E-state index contributed by atoms with van der Waals surface area (Å²) < 4.78 is 26.4. The highest BCUT2D eigenvalue weighted by atomic mass is 19.1. The van der Waals surface area contributed by atoms with Gasteiger partial charge in [0, 0.05) is 66.4 Å². The number of aromatic nitrogens is 5. The first-order chi connectivity index (χ1) is 22.7. The SMILES string of the molecule is CC(C)C(CCC(C)(C)NC(=O)OC(C)(C)C)N1CC2(CCN(c3ncnnc3Oc3ccc(F)cc3-c3cncnc3C3CC3)C2)C1. The van der Waals surface area contributed by atoms with Crippen molar-refractivity contribution in [2.24, 2.45) is 11.3 Å². The largest absolute Gasteiger partial charge is 0.444 e. The molecule has 1 N–H and O–H groups in total. The summed E-state index contributed by atoms with van der Waals surface area (Å²) in [6.07, 6.45) is 9.32. The maximum Gasteiger partial charge on any atom is 0.408 e. The van der Waals surface area contributed by atoms with Crippen molar-refractivity contribution in [3.8, 4) is 22.8 Å². The van der Waals surface area contributed by atoms with Gasteiger partial charge in [-0.05, 0) is 90.8 Å². The van der Waals surface area contributed by atoms with Crippen LogP contribution < -0.4 is 15.0 Å². The van der Waals surface area contributed by atoms with Gasteiger partial charge in [-0.1, -0.05) is 13.8 Å². The summed E-state index contributed by atoms with van der Waals surface area (Å²) in [5.41, 5.74) is 1.52.